The molecule has 3 heterocycles. The lowest BCUT2D eigenvalue weighted by atomic mass is 9.98. The smallest absolute Gasteiger partial charge is 0.318 e. The van der Waals surface area contributed by atoms with Crippen LogP contribution in [0.2, 0.25) is 0 Å². The van der Waals surface area contributed by atoms with Crippen molar-refractivity contribution in [2.75, 3.05) is 0 Å². The molecule has 0 aliphatic rings. The van der Waals surface area contributed by atoms with Crippen LogP contribution in [0.5, 0.6) is 0 Å². The Hall–Kier alpha value is -5.12. The third kappa shape index (κ3) is 4.35. The van der Waals surface area contributed by atoms with Crippen LogP contribution in [0.25, 0.3) is 33.7 Å². The topological polar surface area (TPSA) is 127 Å². The molecule has 1 unspecified atom stereocenters. The summed E-state index contributed by atoms with van der Waals surface area (Å²) in [4.78, 5) is 34.2. The SMILES string of the molecule is CCc1nc2[nH]c(=O)n(C(C)c3ccccc3)c(=O)c2n1Cc1ccc(-c2ccccc2-c2nnn[nH]2)cc1. The Kier molecular flexibility index (Phi) is 6.20. The maximum absolute atomic E-state index is 13.8. The van der Waals surface area contributed by atoms with Crippen LogP contribution < -0.4 is 11.2 Å². The van der Waals surface area contributed by atoms with Crippen LogP contribution >= 0.6 is 0 Å². The predicted octanol–water partition coefficient (Wildman–Crippen LogP) is 3.95. The number of benzene rings is 3. The minimum Gasteiger partial charge on any atom is -0.318 e. The number of hydrogen-bond acceptors (Lipinski definition) is 6. The molecule has 1 atom stereocenters. The standard InChI is InChI=1S/C29H26N8O2/c1-3-24-30-27-25(28(38)37(29(39)31-27)18(2)20-9-5-4-6-10-20)36(24)17-19-13-15-21(16-14-19)22-11-7-8-12-23(22)26-32-34-35-33-26/h4-16,18H,3,17H2,1-2H3,(H,31,39)(H,32,33,34,35). The molecule has 0 radical (unpaired) electrons. The van der Waals surface area contributed by atoms with Crippen molar-refractivity contribution in [1.29, 1.82) is 0 Å². The maximum atomic E-state index is 13.8. The second-order valence-electron chi connectivity index (χ2n) is 9.35. The third-order valence-electron chi connectivity index (χ3n) is 7.03. The van der Waals surface area contributed by atoms with Gasteiger partial charge in [-0.25, -0.2) is 14.9 Å². The van der Waals surface area contributed by atoms with E-state index in [1.54, 1.807) is 0 Å². The number of nitrogens with zero attached hydrogens (tertiary/aromatic N) is 6. The second kappa shape index (κ2) is 9.97. The first-order valence-electron chi connectivity index (χ1n) is 12.8. The Morgan fingerprint density at radius 3 is 2.31 bits per heavy atom. The van der Waals surface area contributed by atoms with Gasteiger partial charge in [-0.1, -0.05) is 85.8 Å². The molecule has 6 aromatic rings. The Labute approximate surface area is 223 Å². The molecule has 2 N–H and O–H groups in total. The molecule has 194 valence electrons. The molecule has 39 heavy (non-hydrogen) atoms. The highest BCUT2D eigenvalue weighted by atomic mass is 16.2. The fraction of sp³-hybridized carbons (Fsp3) is 0.172. The van der Waals surface area contributed by atoms with Gasteiger partial charge in [0.15, 0.2) is 17.0 Å². The highest BCUT2D eigenvalue weighted by Crippen LogP contribution is 2.30. The lowest BCUT2D eigenvalue weighted by Crippen LogP contribution is -2.38. The fourth-order valence-corrected chi connectivity index (χ4v) is 5.03. The van der Waals surface area contributed by atoms with E-state index in [1.807, 2.05) is 97.3 Å². The van der Waals surface area contributed by atoms with Crippen molar-refractivity contribution in [1.82, 2.24) is 39.7 Å². The average Bonchev–Trinajstić information content (AvgIpc) is 3.62. The van der Waals surface area contributed by atoms with Gasteiger partial charge in [0.1, 0.15) is 5.82 Å². The summed E-state index contributed by atoms with van der Waals surface area (Å²) < 4.78 is 3.18. The zero-order chi connectivity index (χ0) is 26.9. The van der Waals surface area contributed by atoms with Crippen LogP contribution in [-0.4, -0.2) is 39.7 Å². The van der Waals surface area contributed by atoms with E-state index in [-0.39, 0.29) is 5.56 Å². The first kappa shape index (κ1) is 24.2. The molecule has 0 aliphatic carbocycles. The number of H-pyrrole nitrogens is 2. The van der Waals surface area contributed by atoms with Gasteiger partial charge in [-0.05, 0) is 39.6 Å². The van der Waals surface area contributed by atoms with Gasteiger partial charge < -0.3 is 4.57 Å². The second-order valence-corrected chi connectivity index (χ2v) is 9.35. The number of aromatic nitrogens is 8. The Morgan fingerprint density at radius 2 is 1.62 bits per heavy atom. The van der Waals surface area contributed by atoms with Crippen LogP contribution in [0.3, 0.4) is 0 Å². The highest BCUT2D eigenvalue weighted by Gasteiger charge is 2.21. The van der Waals surface area contributed by atoms with E-state index < -0.39 is 11.7 Å². The van der Waals surface area contributed by atoms with Crippen molar-refractivity contribution in [3.63, 3.8) is 0 Å². The van der Waals surface area contributed by atoms with Gasteiger partial charge >= 0.3 is 5.69 Å². The predicted molar refractivity (Wildman–Crippen MR) is 148 cm³/mol. The quantitative estimate of drug-likeness (QED) is 0.329. The van der Waals surface area contributed by atoms with Gasteiger partial charge in [-0.2, -0.15) is 0 Å². The molecular formula is C29H26N8O2. The zero-order valence-corrected chi connectivity index (χ0v) is 21.5. The number of rotatable bonds is 7. The van der Waals surface area contributed by atoms with Gasteiger partial charge in [-0.3, -0.25) is 14.3 Å². The van der Waals surface area contributed by atoms with Crippen molar-refractivity contribution < 1.29 is 0 Å². The van der Waals surface area contributed by atoms with E-state index >= 15 is 0 Å². The molecule has 0 fully saturated rings. The minimum absolute atomic E-state index is 0.310. The monoisotopic (exact) mass is 518 g/mol. The molecule has 0 aliphatic heterocycles. The highest BCUT2D eigenvalue weighted by molar-refractivity contribution is 5.80. The van der Waals surface area contributed by atoms with E-state index in [4.69, 9.17) is 0 Å². The molecule has 0 spiro atoms. The number of hydrogen-bond donors (Lipinski definition) is 2. The molecule has 6 rings (SSSR count). The molecule has 0 saturated carbocycles. The summed E-state index contributed by atoms with van der Waals surface area (Å²) in [5.74, 6) is 1.33. The summed E-state index contributed by atoms with van der Waals surface area (Å²) >= 11 is 0. The van der Waals surface area contributed by atoms with Gasteiger partial charge in [0.25, 0.3) is 5.56 Å². The lowest BCUT2D eigenvalue weighted by molar-refractivity contribution is 0.581. The summed E-state index contributed by atoms with van der Waals surface area (Å²) in [7, 11) is 0. The summed E-state index contributed by atoms with van der Waals surface area (Å²) in [6, 6.07) is 25.2. The normalized spacial score (nSPS) is 12.2. The third-order valence-corrected chi connectivity index (χ3v) is 7.03. The summed E-state index contributed by atoms with van der Waals surface area (Å²) in [6.07, 6.45) is 0.612. The van der Waals surface area contributed by atoms with Crippen LogP contribution in [0, 0.1) is 0 Å². The van der Waals surface area contributed by atoms with E-state index in [0.717, 1.165) is 33.6 Å². The van der Waals surface area contributed by atoms with Crippen molar-refractivity contribution in [2.24, 2.45) is 0 Å². The lowest BCUT2D eigenvalue weighted by Gasteiger charge is -2.15. The zero-order valence-electron chi connectivity index (χ0n) is 21.5. The molecule has 0 saturated heterocycles. The summed E-state index contributed by atoms with van der Waals surface area (Å²) in [5.41, 5.74) is 4.67. The van der Waals surface area contributed by atoms with Crippen LogP contribution in [0.15, 0.2) is 88.5 Å². The molecule has 0 bridgehead atoms. The molecule has 10 nitrogen and oxygen atoms in total. The van der Waals surface area contributed by atoms with E-state index in [9.17, 15) is 9.59 Å². The largest absolute Gasteiger partial charge is 0.330 e. The number of nitrogens with one attached hydrogen (secondary N) is 2. The number of imidazole rings is 1. The number of tetrazole rings is 1. The maximum Gasteiger partial charge on any atom is 0.330 e. The fourth-order valence-electron chi connectivity index (χ4n) is 5.03. The van der Waals surface area contributed by atoms with Gasteiger partial charge in [0.2, 0.25) is 0 Å². The molecular weight excluding hydrogens is 492 g/mol. The van der Waals surface area contributed by atoms with Crippen molar-refractivity contribution in [2.45, 2.75) is 32.9 Å². The minimum atomic E-state index is -0.471. The van der Waals surface area contributed by atoms with Crippen LogP contribution in [-0.2, 0) is 13.0 Å². The van der Waals surface area contributed by atoms with Crippen LogP contribution in [0.4, 0.5) is 0 Å². The number of fused-ring (bicyclic) bond motifs is 1. The number of aromatic amines is 2. The molecule has 10 heteroatoms. The van der Waals surface area contributed by atoms with E-state index in [0.29, 0.717) is 30.0 Å². The first-order valence-corrected chi connectivity index (χ1v) is 12.8. The summed E-state index contributed by atoms with van der Waals surface area (Å²) in [5, 5.41) is 14.3. The molecule has 0 amide bonds. The van der Waals surface area contributed by atoms with Gasteiger partial charge in [-0.15, -0.1) is 5.10 Å². The van der Waals surface area contributed by atoms with Crippen molar-refractivity contribution in [3.8, 4) is 22.5 Å². The van der Waals surface area contributed by atoms with Gasteiger partial charge in [0.05, 0.1) is 6.04 Å². The molecule has 3 aromatic carbocycles. The Balaban J connectivity index is 1.39. The molecule has 3 aromatic heterocycles. The van der Waals surface area contributed by atoms with E-state index in [1.165, 1.54) is 4.57 Å². The van der Waals surface area contributed by atoms with Crippen LogP contribution in [0.1, 0.15) is 36.8 Å². The van der Waals surface area contributed by atoms with E-state index in [2.05, 4.69) is 30.6 Å². The first-order chi connectivity index (χ1) is 19.0. The Morgan fingerprint density at radius 1 is 0.897 bits per heavy atom. The van der Waals surface area contributed by atoms with Crippen molar-refractivity contribution in [3.05, 3.63) is 117 Å². The Bertz CT molecular complexity index is 1870. The average molecular weight is 519 g/mol. The van der Waals surface area contributed by atoms with Crippen molar-refractivity contribution >= 4 is 11.2 Å². The number of aryl methyl sites for hydroxylation is 1. The van der Waals surface area contributed by atoms with Gasteiger partial charge in [0, 0.05) is 18.5 Å². The summed E-state index contributed by atoms with van der Waals surface area (Å²) in [6.45, 7) is 4.28.